The molecule has 1 aliphatic heterocycles. The molecule has 2 aromatic carbocycles. The third-order valence-corrected chi connectivity index (χ3v) is 4.08. The van der Waals surface area contributed by atoms with E-state index in [1.54, 1.807) is 0 Å². The highest BCUT2D eigenvalue weighted by Gasteiger charge is 2.21. The molecule has 0 amide bonds. The Balaban J connectivity index is 0.000000404. The van der Waals surface area contributed by atoms with Crippen molar-refractivity contribution < 1.29 is 4.79 Å². The predicted molar refractivity (Wildman–Crippen MR) is 123 cm³/mol. The van der Waals surface area contributed by atoms with E-state index in [1.165, 1.54) is 12.5 Å². The van der Waals surface area contributed by atoms with Crippen molar-refractivity contribution in [1.82, 2.24) is 15.0 Å². The van der Waals surface area contributed by atoms with Crippen LogP contribution in [0.5, 0.6) is 0 Å². The first-order valence-corrected chi connectivity index (χ1v) is 9.96. The summed E-state index contributed by atoms with van der Waals surface area (Å²) in [4.78, 5) is 8.81. The molecule has 1 N–H and O–H groups in total. The molecule has 0 unspecified atom stereocenters. The van der Waals surface area contributed by atoms with Gasteiger partial charge in [0.1, 0.15) is 12.0 Å². The van der Waals surface area contributed by atoms with E-state index in [-0.39, 0.29) is 0 Å². The first-order chi connectivity index (χ1) is 14.2. The fourth-order valence-electron chi connectivity index (χ4n) is 2.78. The molecule has 1 aromatic heterocycles. The van der Waals surface area contributed by atoms with E-state index in [2.05, 4.69) is 46.0 Å². The summed E-state index contributed by atoms with van der Waals surface area (Å²) in [6.45, 7) is 10.2. The van der Waals surface area contributed by atoms with Crippen molar-refractivity contribution in [3.05, 3.63) is 66.2 Å². The van der Waals surface area contributed by atoms with Crippen LogP contribution in [-0.4, -0.2) is 21.3 Å². The molecule has 0 radical (unpaired) electrons. The number of benzene rings is 2. The van der Waals surface area contributed by atoms with E-state index < -0.39 is 0 Å². The maximum absolute atomic E-state index is 8.81. The van der Waals surface area contributed by atoms with E-state index in [4.69, 9.17) is 4.79 Å². The lowest BCUT2D eigenvalue weighted by atomic mass is 9.97. The summed E-state index contributed by atoms with van der Waals surface area (Å²) in [5, 5.41) is 12.1. The highest BCUT2D eigenvalue weighted by atomic mass is 16.1. The van der Waals surface area contributed by atoms with Crippen LogP contribution in [0.3, 0.4) is 0 Å². The standard InChI is InChI=1S/C16H14N4.C4H8.C2H4O.C2H6/c1-20-16-13-8-4-5-9-14(13)17-10-11-6-2-3-7-12(11)15(16)18-19-20;1-3-4-2;1-2-3;1-2/h2-9,17H,10H2,1H3;3-4H,1-2H3;2H,1H3;1-2H3. The number of rotatable bonds is 0. The Hall–Kier alpha value is -3.21. The number of nitrogens with one attached hydrogen (secondary N) is 1. The van der Waals surface area contributed by atoms with E-state index in [1.807, 2.05) is 69.8 Å². The second kappa shape index (κ2) is 13.0. The largest absolute Gasteiger partial charge is 0.380 e. The van der Waals surface area contributed by atoms with Gasteiger partial charge in [-0.25, -0.2) is 4.68 Å². The van der Waals surface area contributed by atoms with E-state index in [0.717, 1.165) is 41.0 Å². The fourth-order valence-corrected chi connectivity index (χ4v) is 2.78. The lowest BCUT2D eigenvalue weighted by molar-refractivity contribution is -0.106. The number of hydrogen-bond acceptors (Lipinski definition) is 4. The number of hydrogen-bond donors (Lipinski definition) is 1. The van der Waals surface area contributed by atoms with E-state index in [9.17, 15) is 0 Å². The van der Waals surface area contributed by atoms with Crippen LogP contribution in [0.25, 0.3) is 22.5 Å². The van der Waals surface area contributed by atoms with E-state index >= 15 is 0 Å². The zero-order valence-corrected chi connectivity index (χ0v) is 18.3. The van der Waals surface area contributed by atoms with Gasteiger partial charge in [0, 0.05) is 30.4 Å². The minimum atomic E-state index is 0.750. The summed E-state index contributed by atoms with van der Waals surface area (Å²) in [5.74, 6) is 0. The Morgan fingerprint density at radius 3 is 2.10 bits per heavy atom. The molecule has 4 rings (SSSR count). The van der Waals surface area contributed by atoms with Crippen molar-refractivity contribution in [3.63, 3.8) is 0 Å². The molecule has 0 fully saturated rings. The first-order valence-electron chi connectivity index (χ1n) is 9.96. The van der Waals surface area contributed by atoms with Crippen LogP contribution in [0.15, 0.2) is 60.7 Å². The van der Waals surface area contributed by atoms with Gasteiger partial charge in [0.05, 0.1) is 5.69 Å². The highest BCUT2D eigenvalue weighted by molar-refractivity contribution is 5.87. The Morgan fingerprint density at radius 1 is 0.931 bits per heavy atom. The third kappa shape index (κ3) is 6.14. The fraction of sp³-hybridized carbons (Fsp3) is 0.292. The summed E-state index contributed by atoms with van der Waals surface area (Å²) in [7, 11) is 1.94. The van der Waals surface area contributed by atoms with Gasteiger partial charge in [0.25, 0.3) is 0 Å². The number of nitrogens with zero attached hydrogens (tertiary/aromatic N) is 3. The molecule has 29 heavy (non-hydrogen) atoms. The average Bonchev–Trinajstić information content (AvgIpc) is 3.14. The topological polar surface area (TPSA) is 59.8 Å². The molecule has 0 atom stereocenters. The van der Waals surface area contributed by atoms with Crippen LogP contribution in [0.2, 0.25) is 0 Å². The molecule has 0 saturated carbocycles. The van der Waals surface area contributed by atoms with Crippen LogP contribution in [0, 0.1) is 0 Å². The minimum Gasteiger partial charge on any atom is -0.380 e. The summed E-state index contributed by atoms with van der Waals surface area (Å²) >= 11 is 0. The molecule has 5 nitrogen and oxygen atoms in total. The third-order valence-electron chi connectivity index (χ3n) is 4.08. The van der Waals surface area contributed by atoms with Crippen molar-refractivity contribution in [2.45, 2.75) is 41.2 Å². The number of carbonyl (C=O) groups excluding carboxylic acids is 1. The maximum Gasteiger partial charge on any atom is 0.121 e. The summed E-state index contributed by atoms with van der Waals surface area (Å²) in [6, 6.07) is 16.6. The molecule has 154 valence electrons. The summed E-state index contributed by atoms with van der Waals surface area (Å²) in [6.07, 6.45) is 4.75. The van der Waals surface area contributed by atoms with Crippen LogP contribution < -0.4 is 5.32 Å². The van der Waals surface area contributed by atoms with Gasteiger partial charge in [-0.2, -0.15) is 0 Å². The summed E-state index contributed by atoms with van der Waals surface area (Å²) in [5.41, 5.74) is 6.66. The molecular formula is C24H32N4O. The number of aryl methyl sites for hydroxylation is 1. The first kappa shape index (κ1) is 23.8. The number of para-hydroxylation sites is 1. The van der Waals surface area contributed by atoms with Gasteiger partial charge in [0.2, 0.25) is 0 Å². The van der Waals surface area contributed by atoms with Gasteiger partial charge < -0.3 is 10.1 Å². The maximum atomic E-state index is 8.81. The lowest BCUT2D eigenvalue weighted by Gasteiger charge is -2.18. The van der Waals surface area contributed by atoms with Crippen molar-refractivity contribution in [3.8, 4) is 22.5 Å². The quantitative estimate of drug-likeness (QED) is 0.383. The van der Waals surface area contributed by atoms with E-state index in [0.29, 0.717) is 0 Å². The smallest absolute Gasteiger partial charge is 0.121 e. The van der Waals surface area contributed by atoms with Gasteiger partial charge >= 0.3 is 0 Å². The van der Waals surface area contributed by atoms with Crippen LogP contribution in [0.4, 0.5) is 5.69 Å². The molecule has 0 bridgehead atoms. The van der Waals surface area contributed by atoms with Crippen molar-refractivity contribution in [1.29, 1.82) is 0 Å². The molecule has 1 aliphatic rings. The lowest BCUT2D eigenvalue weighted by Crippen LogP contribution is -2.07. The predicted octanol–water partition coefficient (Wildman–Crippen LogP) is 5.89. The zero-order chi connectivity index (χ0) is 21.6. The Labute approximate surface area is 174 Å². The van der Waals surface area contributed by atoms with Crippen molar-refractivity contribution in [2.75, 3.05) is 5.32 Å². The SMILES string of the molecule is CC.CC=CC.CC=O.Cn1nnc2c1-c1ccccc1NCc1ccccc1-2. The van der Waals surface area contributed by atoms with Gasteiger partial charge in [-0.3, -0.25) is 0 Å². The number of fused-ring (bicyclic) bond motifs is 5. The number of anilines is 1. The average molecular weight is 393 g/mol. The second-order valence-electron chi connectivity index (χ2n) is 5.87. The van der Waals surface area contributed by atoms with Gasteiger partial charge in [0.15, 0.2) is 0 Å². The minimum absolute atomic E-state index is 0.750. The van der Waals surface area contributed by atoms with Crippen LogP contribution in [0.1, 0.15) is 40.2 Å². The molecule has 5 heteroatoms. The molecule has 0 spiro atoms. The van der Waals surface area contributed by atoms with Crippen LogP contribution in [-0.2, 0) is 18.4 Å². The molecule has 0 aliphatic carbocycles. The normalized spacial score (nSPS) is 10.6. The highest BCUT2D eigenvalue weighted by Crippen LogP contribution is 2.37. The Kier molecular flexibility index (Phi) is 10.7. The Morgan fingerprint density at radius 2 is 1.48 bits per heavy atom. The van der Waals surface area contributed by atoms with Crippen molar-refractivity contribution in [2.24, 2.45) is 7.05 Å². The van der Waals surface area contributed by atoms with Crippen molar-refractivity contribution >= 4 is 12.0 Å². The molecule has 0 saturated heterocycles. The molecular weight excluding hydrogens is 360 g/mol. The van der Waals surface area contributed by atoms with Gasteiger partial charge in [-0.05, 0) is 32.4 Å². The van der Waals surface area contributed by atoms with Crippen LogP contribution >= 0.6 is 0 Å². The zero-order valence-electron chi connectivity index (χ0n) is 18.3. The second-order valence-corrected chi connectivity index (χ2v) is 5.87. The number of allylic oxidation sites excluding steroid dienone is 2. The number of carbonyl (C=O) groups is 1. The number of aromatic nitrogens is 3. The number of aldehydes is 1. The summed E-state index contributed by atoms with van der Waals surface area (Å²) < 4.78 is 1.85. The molecule has 2 heterocycles. The molecule has 3 aromatic rings. The monoisotopic (exact) mass is 392 g/mol. The van der Waals surface area contributed by atoms with Gasteiger partial charge in [-0.15, -0.1) is 5.10 Å². The Bertz CT molecular complexity index is 909. The van der Waals surface area contributed by atoms with Gasteiger partial charge in [-0.1, -0.05) is 73.7 Å².